The van der Waals surface area contributed by atoms with Crippen LogP contribution in [0.5, 0.6) is 0 Å². The molecule has 0 amide bonds. The topological polar surface area (TPSA) is 63.6 Å². The Morgan fingerprint density at radius 1 is 1.11 bits per heavy atom. The van der Waals surface area contributed by atoms with E-state index >= 15 is 0 Å². The largest absolute Gasteiger partial charge is 0.480 e. The number of ether oxygens (including phenoxy) is 1. The summed E-state index contributed by atoms with van der Waals surface area (Å²) in [4.78, 5) is 24.0. The van der Waals surface area contributed by atoms with Gasteiger partial charge in [-0.2, -0.15) is 11.8 Å². The van der Waals surface area contributed by atoms with E-state index in [1.807, 2.05) is 20.8 Å². The SMILES string of the molecule is CCOC(=O)C(CSC(C)(C)C)(C(=O)O)C(C)(C)C. The van der Waals surface area contributed by atoms with Crippen LogP contribution in [0.3, 0.4) is 0 Å². The molecule has 0 saturated heterocycles. The molecule has 0 fully saturated rings. The molecule has 0 aliphatic rings. The van der Waals surface area contributed by atoms with E-state index in [4.69, 9.17) is 4.74 Å². The maximum absolute atomic E-state index is 12.3. The monoisotopic (exact) mass is 290 g/mol. The lowest BCUT2D eigenvalue weighted by Crippen LogP contribution is -2.52. The number of aliphatic carboxylic acids is 1. The number of carboxylic acid groups (broad SMARTS) is 1. The van der Waals surface area contributed by atoms with Crippen LogP contribution in [-0.4, -0.2) is 34.2 Å². The van der Waals surface area contributed by atoms with Crippen LogP contribution in [0.15, 0.2) is 0 Å². The molecule has 0 rings (SSSR count). The zero-order valence-corrected chi connectivity index (χ0v) is 13.8. The molecule has 0 aromatic heterocycles. The van der Waals surface area contributed by atoms with Crippen LogP contribution in [0.4, 0.5) is 0 Å². The molecule has 0 saturated carbocycles. The molecule has 0 heterocycles. The molecule has 1 N–H and O–H groups in total. The number of hydrogen-bond acceptors (Lipinski definition) is 4. The Morgan fingerprint density at radius 2 is 1.58 bits per heavy atom. The minimum absolute atomic E-state index is 0.113. The van der Waals surface area contributed by atoms with Crippen molar-refractivity contribution in [3.8, 4) is 0 Å². The predicted octanol–water partition coefficient (Wildman–Crippen LogP) is 3.20. The lowest BCUT2D eigenvalue weighted by Gasteiger charge is -2.39. The zero-order valence-electron chi connectivity index (χ0n) is 13.0. The molecule has 19 heavy (non-hydrogen) atoms. The second kappa shape index (κ2) is 6.16. The third kappa shape index (κ3) is 4.41. The van der Waals surface area contributed by atoms with Crippen molar-refractivity contribution in [2.75, 3.05) is 12.4 Å². The van der Waals surface area contributed by atoms with Crippen LogP contribution in [0, 0.1) is 10.8 Å². The molecule has 0 aliphatic carbocycles. The zero-order chi connectivity index (χ0) is 15.5. The predicted molar refractivity (Wildman–Crippen MR) is 78.4 cm³/mol. The fraction of sp³-hybridized carbons (Fsp3) is 0.857. The van der Waals surface area contributed by atoms with Gasteiger partial charge < -0.3 is 9.84 Å². The number of carboxylic acids is 1. The van der Waals surface area contributed by atoms with Crippen LogP contribution in [0.1, 0.15) is 48.5 Å². The highest BCUT2D eigenvalue weighted by Gasteiger charge is 2.56. The highest BCUT2D eigenvalue weighted by molar-refractivity contribution is 8.00. The molecule has 0 bridgehead atoms. The first-order valence-corrected chi connectivity index (χ1v) is 7.41. The molecule has 1 atom stereocenters. The number of thioether (sulfide) groups is 1. The highest BCUT2D eigenvalue weighted by atomic mass is 32.2. The Hall–Kier alpha value is -0.710. The average Bonchev–Trinajstić information content (AvgIpc) is 2.13. The van der Waals surface area contributed by atoms with Crippen molar-refractivity contribution in [2.24, 2.45) is 10.8 Å². The molecule has 0 aromatic carbocycles. The van der Waals surface area contributed by atoms with Crippen molar-refractivity contribution < 1.29 is 19.4 Å². The summed E-state index contributed by atoms with van der Waals surface area (Å²) < 4.78 is 4.91. The molecule has 0 spiro atoms. The van der Waals surface area contributed by atoms with Crippen molar-refractivity contribution >= 4 is 23.7 Å². The van der Waals surface area contributed by atoms with E-state index in [0.29, 0.717) is 0 Å². The molecule has 112 valence electrons. The summed E-state index contributed by atoms with van der Waals surface area (Å²) in [6.07, 6.45) is 0. The first-order valence-electron chi connectivity index (χ1n) is 6.43. The van der Waals surface area contributed by atoms with Gasteiger partial charge in [0, 0.05) is 10.5 Å². The summed E-state index contributed by atoms with van der Waals surface area (Å²) in [7, 11) is 0. The van der Waals surface area contributed by atoms with Crippen molar-refractivity contribution in [1.29, 1.82) is 0 Å². The maximum Gasteiger partial charge on any atom is 0.324 e. The first-order chi connectivity index (χ1) is 8.38. The lowest BCUT2D eigenvalue weighted by molar-refractivity contribution is -0.174. The summed E-state index contributed by atoms with van der Waals surface area (Å²) in [6, 6.07) is 0. The second-order valence-corrected chi connectivity index (χ2v) is 8.38. The standard InChI is InChI=1S/C14H26O4S/c1-8-18-11(17)14(10(15)16,12(2,3)4)9-19-13(5,6)7/h8-9H2,1-7H3,(H,15,16). The van der Waals surface area contributed by atoms with Crippen LogP contribution >= 0.6 is 11.8 Å². The van der Waals surface area contributed by atoms with E-state index < -0.39 is 22.8 Å². The van der Waals surface area contributed by atoms with Crippen molar-refractivity contribution in [1.82, 2.24) is 0 Å². The van der Waals surface area contributed by atoms with Gasteiger partial charge in [-0.3, -0.25) is 9.59 Å². The van der Waals surface area contributed by atoms with Gasteiger partial charge >= 0.3 is 11.9 Å². The summed E-state index contributed by atoms with van der Waals surface area (Å²) in [5.41, 5.74) is -2.25. The average molecular weight is 290 g/mol. The number of hydrogen-bond donors (Lipinski definition) is 1. The smallest absolute Gasteiger partial charge is 0.324 e. The first kappa shape index (κ1) is 18.3. The van der Waals surface area contributed by atoms with E-state index in [2.05, 4.69) is 0 Å². The van der Waals surface area contributed by atoms with E-state index in [9.17, 15) is 14.7 Å². The number of rotatable bonds is 5. The van der Waals surface area contributed by atoms with E-state index in [0.717, 1.165) is 0 Å². The van der Waals surface area contributed by atoms with Gasteiger partial charge in [-0.25, -0.2) is 0 Å². The molecule has 0 radical (unpaired) electrons. The summed E-state index contributed by atoms with van der Waals surface area (Å²) in [5, 5.41) is 9.64. The summed E-state index contributed by atoms with van der Waals surface area (Å²) in [6.45, 7) is 13.2. The van der Waals surface area contributed by atoms with Gasteiger partial charge in [-0.1, -0.05) is 41.5 Å². The van der Waals surface area contributed by atoms with Gasteiger partial charge in [-0.05, 0) is 12.3 Å². The second-order valence-electron chi connectivity index (χ2n) is 6.58. The van der Waals surface area contributed by atoms with Crippen molar-refractivity contribution in [3.63, 3.8) is 0 Å². The molecule has 5 heteroatoms. The van der Waals surface area contributed by atoms with E-state index in [1.54, 1.807) is 27.7 Å². The summed E-state index contributed by atoms with van der Waals surface area (Å²) >= 11 is 1.47. The Balaban J connectivity index is 5.54. The van der Waals surface area contributed by atoms with Crippen LogP contribution < -0.4 is 0 Å². The molecule has 4 nitrogen and oxygen atoms in total. The van der Waals surface area contributed by atoms with Crippen molar-refractivity contribution in [2.45, 2.75) is 53.2 Å². The third-order valence-electron chi connectivity index (χ3n) is 2.99. The Morgan fingerprint density at radius 3 is 1.84 bits per heavy atom. The molecular formula is C14H26O4S. The van der Waals surface area contributed by atoms with Gasteiger partial charge in [0.15, 0.2) is 5.41 Å². The molecule has 1 unspecified atom stereocenters. The molecule has 0 aliphatic heterocycles. The van der Waals surface area contributed by atoms with Crippen LogP contribution in [-0.2, 0) is 14.3 Å². The van der Waals surface area contributed by atoms with Gasteiger partial charge in [0.05, 0.1) is 6.61 Å². The van der Waals surface area contributed by atoms with Gasteiger partial charge in [0.2, 0.25) is 0 Å². The Bertz CT molecular complexity index is 338. The van der Waals surface area contributed by atoms with Crippen LogP contribution in [0.2, 0.25) is 0 Å². The Kier molecular flexibility index (Phi) is 5.93. The van der Waals surface area contributed by atoms with Gasteiger partial charge in [0.25, 0.3) is 0 Å². The normalized spacial score (nSPS) is 15.7. The maximum atomic E-state index is 12.3. The quantitative estimate of drug-likeness (QED) is 0.622. The van der Waals surface area contributed by atoms with E-state index in [1.165, 1.54) is 11.8 Å². The minimum Gasteiger partial charge on any atom is -0.480 e. The minimum atomic E-state index is -1.53. The lowest BCUT2D eigenvalue weighted by atomic mass is 9.67. The van der Waals surface area contributed by atoms with Gasteiger partial charge in [0.1, 0.15) is 0 Å². The highest BCUT2D eigenvalue weighted by Crippen LogP contribution is 2.45. The Labute approximate surface area is 120 Å². The fourth-order valence-corrected chi connectivity index (χ4v) is 2.95. The van der Waals surface area contributed by atoms with E-state index in [-0.39, 0.29) is 17.1 Å². The van der Waals surface area contributed by atoms with Crippen LogP contribution in [0.25, 0.3) is 0 Å². The third-order valence-corrected chi connectivity index (χ3v) is 4.43. The number of esters is 1. The van der Waals surface area contributed by atoms with Crippen molar-refractivity contribution in [3.05, 3.63) is 0 Å². The number of carbonyl (C=O) groups excluding carboxylic acids is 1. The van der Waals surface area contributed by atoms with Gasteiger partial charge in [-0.15, -0.1) is 0 Å². The fourth-order valence-electron chi connectivity index (χ4n) is 1.63. The molecular weight excluding hydrogens is 264 g/mol. The number of carbonyl (C=O) groups is 2. The molecule has 0 aromatic rings. The summed E-state index contributed by atoms with van der Waals surface area (Å²) in [5.74, 6) is -1.56.